The third-order valence-corrected chi connectivity index (χ3v) is 5.29. The van der Waals surface area contributed by atoms with Crippen LogP contribution in [0.3, 0.4) is 0 Å². The van der Waals surface area contributed by atoms with Crippen LogP contribution in [0.5, 0.6) is 0 Å². The first-order chi connectivity index (χ1) is 11.2. The second-order valence-corrected chi connectivity index (χ2v) is 6.89. The van der Waals surface area contributed by atoms with Crippen molar-refractivity contribution in [2.24, 2.45) is 5.92 Å². The van der Waals surface area contributed by atoms with Crippen LogP contribution < -0.4 is 10.9 Å². The van der Waals surface area contributed by atoms with Gasteiger partial charge in [0.15, 0.2) is 0 Å². The van der Waals surface area contributed by atoms with Gasteiger partial charge in [0.25, 0.3) is 5.56 Å². The van der Waals surface area contributed by atoms with E-state index in [0.29, 0.717) is 11.8 Å². The molecule has 2 aliphatic rings. The van der Waals surface area contributed by atoms with Gasteiger partial charge in [-0.05, 0) is 49.9 Å². The second-order valence-electron chi connectivity index (χ2n) is 6.89. The minimum atomic E-state index is 0.120. The maximum Gasteiger partial charge on any atom is 0.251 e. The summed E-state index contributed by atoms with van der Waals surface area (Å²) in [5.41, 5.74) is 5.50. The Labute approximate surface area is 136 Å². The van der Waals surface area contributed by atoms with Crippen molar-refractivity contribution in [3.8, 4) is 11.3 Å². The monoisotopic (exact) mass is 309 g/mol. The number of piperidine rings is 1. The molecule has 1 N–H and O–H groups in total. The van der Waals surface area contributed by atoms with Gasteiger partial charge in [-0.3, -0.25) is 9.78 Å². The molecule has 4 heteroatoms. The molecule has 4 rings (SSSR count). The van der Waals surface area contributed by atoms with E-state index >= 15 is 0 Å². The number of nitrogens with one attached hydrogen (secondary N) is 1. The summed E-state index contributed by atoms with van der Waals surface area (Å²) in [6.45, 7) is 7.06. The lowest BCUT2D eigenvalue weighted by molar-refractivity contribution is 0.257. The third-order valence-electron chi connectivity index (χ3n) is 5.29. The van der Waals surface area contributed by atoms with Gasteiger partial charge in [-0.1, -0.05) is 13.0 Å². The Morgan fingerprint density at radius 1 is 1.30 bits per heavy atom. The Bertz CT molecular complexity index is 809. The van der Waals surface area contributed by atoms with Crippen molar-refractivity contribution in [2.45, 2.75) is 39.2 Å². The van der Waals surface area contributed by atoms with Crippen molar-refractivity contribution < 1.29 is 0 Å². The zero-order valence-corrected chi connectivity index (χ0v) is 13.8. The Balaban J connectivity index is 1.82. The van der Waals surface area contributed by atoms with Gasteiger partial charge in [-0.2, -0.15) is 0 Å². The predicted octanol–water partition coefficient (Wildman–Crippen LogP) is 2.49. The number of rotatable bonds is 2. The first-order valence-electron chi connectivity index (χ1n) is 8.58. The number of fused-ring (bicyclic) bond motifs is 4. The van der Waals surface area contributed by atoms with E-state index in [2.05, 4.69) is 31.3 Å². The van der Waals surface area contributed by atoms with Gasteiger partial charge in [-0.15, -0.1) is 0 Å². The van der Waals surface area contributed by atoms with Crippen molar-refractivity contribution in [2.75, 3.05) is 13.1 Å². The fourth-order valence-electron chi connectivity index (χ4n) is 4.04. The molecular weight excluding hydrogens is 286 g/mol. The molecule has 0 aliphatic carbocycles. The van der Waals surface area contributed by atoms with Crippen molar-refractivity contribution in [3.05, 3.63) is 51.6 Å². The van der Waals surface area contributed by atoms with E-state index in [1.54, 1.807) is 6.07 Å². The summed E-state index contributed by atoms with van der Waals surface area (Å²) >= 11 is 0. The van der Waals surface area contributed by atoms with E-state index in [-0.39, 0.29) is 5.56 Å². The second kappa shape index (κ2) is 5.60. The third kappa shape index (κ3) is 2.51. The van der Waals surface area contributed by atoms with E-state index in [1.807, 2.05) is 10.6 Å². The number of nitrogens with zero attached hydrogens (tertiary/aromatic N) is 2. The summed E-state index contributed by atoms with van der Waals surface area (Å²) in [5, 5.41) is 3.50. The minimum absolute atomic E-state index is 0.120. The van der Waals surface area contributed by atoms with Crippen molar-refractivity contribution >= 4 is 0 Å². The lowest BCUT2D eigenvalue weighted by Gasteiger charge is -2.37. The first-order valence-corrected chi connectivity index (χ1v) is 8.58. The molecule has 0 aromatic carbocycles. The van der Waals surface area contributed by atoms with Crippen LogP contribution in [0.25, 0.3) is 11.3 Å². The zero-order valence-electron chi connectivity index (χ0n) is 13.8. The zero-order chi connectivity index (χ0) is 16.0. The van der Waals surface area contributed by atoms with Gasteiger partial charge in [0, 0.05) is 42.0 Å². The largest absolute Gasteiger partial charge is 0.316 e. The molecule has 0 saturated carbocycles. The van der Waals surface area contributed by atoms with Gasteiger partial charge in [0.2, 0.25) is 0 Å². The summed E-state index contributed by atoms with van der Waals surface area (Å²) in [7, 11) is 0. The first kappa shape index (κ1) is 14.6. The Morgan fingerprint density at radius 2 is 2.17 bits per heavy atom. The van der Waals surface area contributed by atoms with E-state index < -0.39 is 0 Å². The molecule has 0 amide bonds. The molecule has 1 fully saturated rings. The number of aryl methyl sites for hydroxylation is 2. The smallest absolute Gasteiger partial charge is 0.251 e. The standard InChI is InChI=1S/C19H23N3O/c1-3-16-12(2)4-5-17(21-16)14-7-18-15-6-13(9-20-10-15)11-22(18)19(23)8-14/h4-5,7-8,13,15,20H,3,6,9-11H2,1-2H3/t13-,15+/m0/s1. The van der Waals surface area contributed by atoms with Crippen LogP contribution in [0.2, 0.25) is 0 Å². The highest BCUT2D eigenvalue weighted by molar-refractivity contribution is 5.60. The highest BCUT2D eigenvalue weighted by Gasteiger charge is 2.31. The molecular formula is C19H23N3O. The van der Waals surface area contributed by atoms with Gasteiger partial charge >= 0.3 is 0 Å². The van der Waals surface area contributed by atoms with Crippen LogP contribution in [0.1, 0.15) is 36.2 Å². The highest BCUT2D eigenvalue weighted by Crippen LogP contribution is 2.33. The molecule has 120 valence electrons. The minimum Gasteiger partial charge on any atom is -0.316 e. The van der Waals surface area contributed by atoms with Gasteiger partial charge in [0.1, 0.15) is 0 Å². The molecule has 23 heavy (non-hydrogen) atoms. The van der Waals surface area contributed by atoms with Crippen LogP contribution in [0, 0.1) is 12.8 Å². The number of hydrogen-bond acceptors (Lipinski definition) is 3. The molecule has 2 aromatic heterocycles. The van der Waals surface area contributed by atoms with Crippen LogP contribution in [0.4, 0.5) is 0 Å². The van der Waals surface area contributed by atoms with Crippen molar-refractivity contribution in [3.63, 3.8) is 0 Å². The molecule has 1 saturated heterocycles. The highest BCUT2D eigenvalue weighted by atomic mass is 16.1. The number of hydrogen-bond donors (Lipinski definition) is 1. The van der Waals surface area contributed by atoms with E-state index in [1.165, 1.54) is 17.7 Å². The fraction of sp³-hybridized carbons (Fsp3) is 0.474. The average molecular weight is 309 g/mol. The maximum atomic E-state index is 12.6. The van der Waals surface area contributed by atoms with Gasteiger partial charge < -0.3 is 9.88 Å². The molecule has 2 bridgehead atoms. The van der Waals surface area contributed by atoms with Crippen molar-refractivity contribution in [1.29, 1.82) is 0 Å². The SMILES string of the molecule is CCc1nc(-c2cc3n(c(=O)c2)C[C@@H]2CNC[C@H]3C2)ccc1C. The lowest BCUT2D eigenvalue weighted by Crippen LogP contribution is -2.44. The summed E-state index contributed by atoms with van der Waals surface area (Å²) < 4.78 is 1.98. The van der Waals surface area contributed by atoms with E-state index in [4.69, 9.17) is 4.98 Å². The molecule has 2 atom stereocenters. The summed E-state index contributed by atoms with van der Waals surface area (Å²) in [6, 6.07) is 8.09. The summed E-state index contributed by atoms with van der Waals surface area (Å²) in [6.07, 6.45) is 2.11. The average Bonchev–Trinajstić information content (AvgIpc) is 2.56. The fourth-order valence-corrected chi connectivity index (χ4v) is 4.04. The van der Waals surface area contributed by atoms with Gasteiger partial charge in [0.05, 0.1) is 5.69 Å². The van der Waals surface area contributed by atoms with Crippen molar-refractivity contribution in [1.82, 2.24) is 14.9 Å². The van der Waals surface area contributed by atoms with Crippen LogP contribution in [0.15, 0.2) is 29.1 Å². The van der Waals surface area contributed by atoms with Crippen LogP contribution in [-0.2, 0) is 13.0 Å². The molecule has 0 radical (unpaired) electrons. The molecule has 2 aromatic rings. The quantitative estimate of drug-likeness (QED) is 0.927. The summed E-state index contributed by atoms with van der Waals surface area (Å²) in [5.74, 6) is 1.04. The molecule has 0 unspecified atom stereocenters. The molecule has 2 aliphatic heterocycles. The van der Waals surface area contributed by atoms with Crippen LogP contribution in [-0.4, -0.2) is 22.6 Å². The predicted molar refractivity (Wildman–Crippen MR) is 91.8 cm³/mol. The topological polar surface area (TPSA) is 46.9 Å². The Hall–Kier alpha value is -1.94. The van der Waals surface area contributed by atoms with E-state index in [9.17, 15) is 4.79 Å². The summed E-state index contributed by atoms with van der Waals surface area (Å²) in [4.78, 5) is 17.4. The van der Waals surface area contributed by atoms with Gasteiger partial charge in [-0.25, -0.2) is 0 Å². The Morgan fingerprint density at radius 3 is 3.00 bits per heavy atom. The number of aromatic nitrogens is 2. The normalized spacial score (nSPS) is 22.7. The van der Waals surface area contributed by atoms with E-state index in [0.717, 1.165) is 43.0 Å². The lowest BCUT2D eigenvalue weighted by atomic mass is 9.83. The van der Waals surface area contributed by atoms with Crippen LogP contribution >= 0.6 is 0 Å². The molecule has 4 nitrogen and oxygen atoms in total. The molecule has 0 spiro atoms. The molecule has 4 heterocycles. The maximum absolute atomic E-state index is 12.6. The number of pyridine rings is 2. The Kier molecular flexibility index (Phi) is 3.57.